The Kier molecular flexibility index (Phi) is 2.70. The zero-order valence-corrected chi connectivity index (χ0v) is 9.60. The van der Waals surface area contributed by atoms with Crippen LogP contribution in [-0.4, -0.2) is 12.1 Å². The minimum atomic E-state index is 0.0739. The van der Waals surface area contributed by atoms with Crippen molar-refractivity contribution in [1.82, 2.24) is 0 Å². The zero-order chi connectivity index (χ0) is 11.0. The largest absolute Gasteiger partial charge is 0.488 e. The Bertz CT molecular complexity index is 346. The Labute approximate surface area is 91.4 Å². The summed E-state index contributed by atoms with van der Waals surface area (Å²) in [7, 11) is 0. The number of benzene rings is 1. The second-order valence-corrected chi connectivity index (χ2v) is 4.75. The van der Waals surface area contributed by atoms with Gasteiger partial charge in [-0.1, -0.05) is 32.0 Å². The molecule has 0 radical (unpaired) electrons. The third-order valence-electron chi connectivity index (χ3n) is 3.13. The van der Waals surface area contributed by atoms with Gasteiger partial charge in [-0.05, 0) is 18.9 Å². The SMILES string of the molecule is CC(C)C1c2ccccc2OC1C(C)N. The predicted molar refractivity (Wildman–Crippen MR) is 62.1 cm³/mol. The smallest absolute Gasteiger partial charge is 0.123 e. The summed E-state index contributed by atoms with van der Waals surface area (Å²) in [6.07, 6.45) is 0.127. The summed E-state index contributed by atoms with van der Waals surface area (Å²) < 4.78 is 5.92. The van der Waals surface area contributed by atoms with E-state index in [-0.39, 0.29) is 12.1 Å². The fraction of sp³-hybridized carbons (Fsp3) is 0.538. The van der Waals surface area contributed by atoms with E-state index in [1.165, 1.54) is 5.56 Å². The third kappa shape index (κ3) is 1.74. The van der Waals surface area contributed by atoms with E-state index in [0.29, 0.717) is 11.8 Å². The summed E-state index contributed by atoms with van der Waals surface area (Å²) in [5, 5.41) is 0. The number of ether oxygens (including phenoxy) is 1. The Balaban J connectivity index is 2.38. The molecule has 0 aromatic heterocycles. The molecule has 82 valence electrons. The number of nitrogens with two attached hydrogens (primary N) is 1. The van der Waals surface area contributed by atoms with Crippen molar-refractivity contribution in [3.63, 3.8) is 0 Å². The molecule has 0 saturated carbocycles. The van der Waals surface area contributed by atoms with E-state index in [1.54, 1.807) is 0 Å². The van der Waals surface area contributed by atoms with Gasteiger partial charge in [0.25, 0.3) is 0 Å². The maximum absolute atomic E-state index is 5.98. The highest BCUT2D eigenvalue weighted by Gasteiger charge is 2.37. The molecule has 1 aromatic rings. The van der Waals surface area contributed by atoms with Crippen molar-refractivity contribution in [3.8, 4) is 5.75 Å². The molecule has 0 saturated heterocycles. The molecular weight excluding hydrogens is 186 g/mol. The van der Waals surface area contributed by atoms with Crippen LogP contribution in [0.4, 0.5) is 0 Å². The summed E-state index contributed by atoms with van der Waals surface area (Å²) in [5.74, 6) is 2.00. The van der Waals surface area contributed by atoms with Gasteiger partial charge in [0.2, 0.25) is 0 Å². The van der Waals surface area contributed by atoms with Crippen LogP contribution in [0, 0.1) is 5.92 Å². The molecule has 1 heterocycles. The van der Waals surface area contributed by atoms with Crippen LogP contribution in [0.25, 0.3) is 0 Å². The van der Waals surface area contributed by atoms with Crippen molar-refractivity contribution in [3.05, 3.63) is 29.8 Å². The molecule has 15 heavy (non-hydrogen) atoms. The second kappa shape index (κ2) is 3.86. The highest BCUT2D eigenvalue weighted by Crippen LogP contribution is 2.42. The van der Waals surface area contributed by atoms with Crippen LogP contribution in [0.5, 0.6) is 5.75 Å². The molecule has 3 unspecified atom stereocenters. The van der Waals surface area contributed by atoms with Gasteiger partial charge in [-0.25, -0.2) is 0 Å². The van der Waals surface area contributed by atoms with Crippen molar-refractivity contribution >= 4 is 0 Å². The van der Waals surface area contributed by atoms with Crippen molar-refractivity contribution < 1.29 is 4.74 Å². The van der Waals surface area contributed by atoms with Crippen molar-refractivity contribution in [1.29, 1.82) is 0 Å². The predicted octanol–water partition coefficient (Wildman–Crippen LogP) is 2.53. The first-order valence-electron chi connectivity index (χ1n) is 5.62. The van der Waals surface area contributed by atoms with Gasteiger partial charge >= 0.3 is 0 Å². The van der Waals surface area contributed by atoms with Gasteiger partial charge in [-0.2, -0.15) is 0 Å². The topological polar surface area (TPSA) is 35.2 Å². The van der Waals surface area contributed by atoms with Gasteiger partial charge < -0.3 is 10.5 Å². The van der Waals surface area contributed by atoms with E-state index in [4.69, 9.17) is 10.5 Å². The lowest BCUT2D eigenvalue weighted by Gasteiger charge is -2.25. The first kappa shape index (κ1) is 10.5. The van der Waals surface area contributed by atoms with Gasteiger partial charge in [0.05, 0.1) is 0 Å². The average molecular weight is 205 g/mol. The first-order valence-corrected chi connectivity index (χ1v) is 5.62. The number of rotatable bonds is 2. The van der Waals surface area contributed by atoms with Crippen molar-refractivity contribution in [2.24, 2.45) is 11.7 Å². The van der Waals surface area contributed by atoms with Gasteiger partial charge in [0.1, 0.15) is 11.9 Å². The Morgan fingerprint density at radius 3 is 2.47 bits per heavy atom. The lowest BCUT2D eigenvalue weighted by molar-refractivity contribution is 0.160. The number of fused-ring (bicyclic) bond motifs is 1. The molecule has 0 amide bonds. The summed E-state index contributed by atoms with van der Waals surface area (Å²) in [5.41, 5.74) is 7.29. The fourth-order valence-electron chi connectivity index (χ4n) is 2.43. The molecule has 1 aliphatic rings. The monoisotopic (exact) mass is 205 g/mol. The molecule has 1 aromatic carbocycles. The molecule has 2 nitrogen and oxygen atoms in total. The molecule has 0 fully saturated rings. The van der Waals surface area contributed by atoms with Crippen LogP contribution in [0.15, 0.2) is 24.3 Å². The van der Waals surface area contributed by atoms with Crippen LogP contribution < -0.4 is 10.5 Å². The molecule has 2 rings (SSSR count). The van der Waals surface area contributed by atoms with E-state index < -0.39 is 0 Å². The summed E-state index contributed by atoms with van der Waals surface area (Å²) in [4.78, 5) is 0. The quantitative estimate of drug-likeness (QED) is 0.805. The second-order valence-electron chi connectivity index (χ2n) is 4.75. The Morgan fingerprint density at radius 1 is 1.20 bits per heavy atom. The van der Waals surface area contributed by atoms with Gasteiger partial charge in [0.15, 0.2) is 0 Å². The zero-order valence-electron chi connectivity index (χ0n) is 9.60. The lowest BCUT2D eigenvalue weighted by atomic mass is 9.83. The van der Waals surface area contributed by atoms with Crippen LogP contribution >= 0.6 is 0 Å². The standard InChI is InChI=1S/C13H19NO/c1-8(2)12-10-6-4-5-7-11(10)15-13(12)9(3)14/h4-9,12-13H,14H2,1-3H3. The highest BCUT2D eigenvalue weighted by atomic mass is 16.5. The first-order chi connectivity index (χ1) is 7.11. The molecule has 1 aliphatic heterocycles. The van der Waals surface area contributed by atoms with E-state index in [9.17, 15) is 0 Å². The van der Waals surface area contributed by atoms with E-state index in [0.717, 1.165) is 5.75 Å². The summed E-state index contributed by atoms with van der Waals surface area (Å²) >= 11 is 0. The maximum Gasteiger partial charge on any atom is 0.123 e. The number of hydrogen-bond donors (Lipinski definition) is 1. The molecule has 0 bridgehead atoms. The Morgan fingerprint density at radius 2 is 1.87 bits per heavy atom. The maximum atomic E-state index is 5.98. The third-order valence-corrected chi connectivity index (χ3v) is 3.13. The lowest BCUT2D eigenvalue weighted by Crippen LogP contribution is -2.39. The molecule has 0 spiro atoms. The minimum absolute atomic E-state index is 0.0739. The van der Waals surface area contributed by atoms with Crippen LogP contribution in [0.2, 0.25) is 0 Å². The van der Waals surface area contributed by atoms with Crippen LogP contribution in [-0.2, 0) is 0 Å². The van der Waals surface area contributed by atoms with Crippen LogP contribution in [0.3, 0.4) is 0 Å². The number of para-hydroxylation sites is 1. The average Bonchev–Trinajstić information content (AvgIpc) is 2.56. The summed E-state index contributed by atoms with van der Waals surface area (Å²) in [6.45, 7) is 6.48. The molecule has 2 heteroatoms. The Hall–Kier alpha value is -1.02. The molecule has 3 atom stereocenters. The minimum Gasteiger partial charge on any atom is -0.488 e. The van der Waals surface area contributed by atoms with E-state index >= 15 is 0 Å². The highest BCUT2D eigenvalue weighted by molar-refractivity contribution is 5.41. The number of hydrogen-bond acceptors (Lipinski definition) is 2. The van der Waals surface area contributed by atoms with Crippen molar-refractivity contribution in [2.45, 2.75) is 38.8 Å². The van der Waals surface area contributed by atoms with E-state index in [2.05, 4.69) is 26.0 Å². The summed E-state index contributed by atoms with van der Waals surface area (Å²) in [6, 6.07) is 8.35. The molecule has 2 N–H and O–H groups in total. The van der Waals surface area contributed by atoms with E-state index in [1.807, 2.05) is 19.1 Å². The molecule has 0 aliphatic carbocycles. The van der Waals surface area contributed by atoms with Gasteiger partial charge in [0, 0.05) is 17.5 Å². The normalized spacial score (nSPS) is 26.2. The van der Waals surface area contributed by atoms with Crippen molar-refractivity contribution in [2.75, 3.05) is 0 Å². The molecular formula is C13H19NO. The van der Waals surface area contributed by atoms with Crippen LogP contribution in [0.1, 0.15) is 32.3 Å². The van der Waals surface area contributed by atoms with Gasteiger partial charge in [-0.3, -0.25) is 0 Å². The fourth-order valence-corrected chi connectivity index (χ4v) is 2.43. The van der Waals surface area contributed by atoms with Gasteiger partial charge in [-0.15, -0.1) is 0 Å².